The molecule has 0 N–H and O–H groups in total. The maximum absolute atomic E-state index is 13.8. The summed E-state index contributed by atoms with van der Waals surface area (Å²) >= 11 is 0. The van der Waals surface area contributed by atoms with Crippen molar-refractivity contribution in [3.05, 3.63) is 70.0 Å². The standard InChI is InChI=1S/C21H13F8NO2/c1-19(2)17(9-3-5-10(6-4-9)21(27,28)29)20(19,8-30)18(31)32-7-11-12(22)14(24)16(26)15(25)13(11)23/h3-6,17H,7H2,1-2H3. The summed E-state index contributed by atoms with van der Waals surface area (Å²) in [6.45, 7) is 1.57. The van der Waals surface area contributed by atoms with Gasteiger partial charge in [0, 0.05) is 11.3 Å². The van der Waals surface area contributed by atoms with Crippen LogP contribution in [0.5, 0.6) is 0 Å². The number of rotatable bonds is 4. The average molecular weight is 463 g/mol. The molecule has 0 spiro atoms. The topological polar surface area (TPSA) is 50.1 Å². The second-order valence-electron chi connectivity index (χ2n) is 7.82. The van der Waals surface area contributed by atoms with E-state index >= 15 is 0 Å². The molecule has 0 radical (unpaired) electrons. The molecule has 32 heavy (non-hydrogen) atoms. The molecule has 3 nitrogen and oxygen atoms in total. The molecule has 0 saturated heterocycles. The Bertz CT molecular complexity index is 1110. The second-order valence-corrected chi connectivity index (χ2v) is 7.82. The van der Waals surface area contributed by atoms with Crippen LogP contribution in [-0.2, 0) is 22.3 Å². The van der Waals surface area contributed by atoms with E-state index < -0.39 is 75.7 Å². The zero-order valence-corrected chi connectivity index (χ0v) is 16.4. The Labute approximate surface area is 176 Å². The summed E-state index contributed by atoms with van der Waals surface area (Å²) in [5.41, 5.74) is -5.24. The molecule has 2 aromatic carbocycles. The van der Waals surface area contributed by atoms with E-state index in [0.29, 0.717) is 0 Å². The van der Waals surface area contributed by atoms with Gasteiger partial charge in [-0.15, -0.1) is 0 Å². The Balaban J connectivity index is 1.88. The number of hydrogen-bond donors (Lipinski definition) is 0. The van der Waals surface area contributed by atoms with Gasteiger partial charge in [0.1, 0.15) is 6.61 Å². The van der Waals surface area contributed by atoms with E-state index in [4.69, 9.17) is 4.74 Å². The minimum atomic E-state index is -4.60. The van der Waals surface area contributed by atoms with E-state index in [1.807, 2.05) is 0 Å². The summed E-state index contributed by atoms with van der Waals surface area (Å²) in [6.07, 6.45) is -4.60. The lowest BCUT2D eigenvalue weighted by molar-refractivity contribution is -0.150. The summed E-state index contributed by atoms with van der Waals surface area (Å²) in [5, 5.41) is 9.66. The number of carbonyl (C=O) groups is 1. The van der Waals surface area contributed by atoms with Gasteiger partial charge in [-0.1, -0.05) is 26.0 Å². The first-order valence-electron chi connectivity index (χ1n) is 8.97. The third kappa shape index (κ3) is 3.29. The van der Waals surface area contributed by atoms with E-state index in [1.54, 1.807) is 6.07 Å². The normalized spacial score (nSPS) is 21.7. The van der Waals surface area contributed by atoms with Crippen molar-refractivity contribution in [2.24, 2.45) is 10.8 Å². The van der Waals surface area contributed by atoms with Crippen molar-refractivity contribution in [3.63, 3.8) is 0 Å². The van der Waals surface area contributed by atoms with E-state index in [1.165, 1.54) is 13.8 Å². The minimum absolute atomic E-state index is 0.206. The molecule has 1 saturated carbocycles. The molecule has 0 bridgehead atoms. The largest absolute Gasteiger partial charge is 0.459 e. The van der Waals surface area contributed by atoms with Gasteiger partial charge in [0.05, 0.1) is 17.2 Å². The van der Waals surface area contributed by atoms with Crippen molar-refractivity contribution in [2.45, 2.75) is 32.5 Å². The van der Waals surface area contributed by atoms with Gasteiger partial charge in [-0.2, -0.15) is 18.4 Å². The molecule has 1 aliphatic rings. The van der Waals surface area contributed by atoms with Crippen molar-refractivity contribution >= 4 is 5.97 Å². The van der Waals surface area contributed by atoms with E-state index in [-0.39, 0.29) is 5.56 Å². The Morgan fingerprint density at radius 3 is 1.88 bits per heavy atom. The molecule has 170 valence electrons. The fraction of sp³-hybridized carbons (Fsp3) is 0.333. The number of carbonyl (C=O) groups excluding carboxylic acids is 1. The summed E-state index contributed by atoms with van der Waals surface area (Å²) in [7, 11) is 0. The molecule has 1 fully saturated rings. The van der Waals surface area contributed by atoms with Gasteiger partial charge in [0.25, 0.3) is 0 Å². The monoisotopic (exact) mass is 463 g/mol. The number of ether oxygens (including phenoxy) is 1. The first kappa shape index (κ1) is 23.5. The van der Waals surface area contributed by atoms with Gasteiger partial charge in [0.2, 0.25) is 5.82 Å². The van der Waals surface area contributed by atoms with Gasteiger partial charge in [-0.3, -0.25) is 4.79 Å². The lowest BCUT2D eigenvalue weighted by Crippen LogP contribution is -2.23. The van der Waals surface area contributed by atoms with Crippen LogP contribution in [0.4, 0.5) is 35.1 Å². The summed E-state index contributed by atoms with van der Waals surface area (Å²) in [5.74, 6) is -13.4. The highest BCUT2D eigenvalue weighted by atomic mass is 19.4. The molecular formula is C21H13F8NO2. The van der Waals surface area contributed by atoms with Crippen molar-refractivity contribution in [3.8, 4) is 6.07 Å². The SMILES string of the molecule is CC1(C)C(c2ccc(C(F)(F)F)cc2)C1(C#N)C(=O)OCc1c(F)c(F)c(F)c(F)c1F. The lowest BCUT2D eigenvalue weighted by Gasteiger charge is -2.13. The van der Waals surface area contributed by atoms with Crippen LogP contribution in [0.25, 0.3) is 0 Å². The Kier molecular flexibility index (Phi) is 5.48. The Morgan fingerprint density at radius 2 is 1.44 bits per heavy atom. The molecular weight excluding hydrogens is 450 g/mol. The summed E-state index contributed by atoms with van der Waals surface area (Å²) in [4.78, 5) is 12.7. The highest BCUT2D eigenvalue weighted by Gasteiger charge is 2.78. The van der Waals surface area contributed by atoms with Crippen LogP contribution in [0.1, 0.15) is 36.5 Å². The van der Waals surface area contributed by atoms with E-state index in [9.17, 15) is 45.2 Å². The van der Waals surface area contributed by atoms with Crippen molar-refractivity contribution < 1.29 is 44.7 Å². The van der Waals surface area contributed by atoms with Gasteiger partial charge in [0.15, 0.2) is 28.7 Å². The molecule has 3 rings (SSSR count). The van der Waals surface area contributed by atoms with Crippen molar-refractivity contribution in [1.82, 2.24) is 0 Å². The molecule has 2 atom stereocenters. The van der Waals surface area contributed by atoms with Crippen LogP contribution in [-0.4, -0.2) is 5.97 Å². The first-order valence-corrected chi connectivity index (χ1v) is 8.97. The minimum Gasteiger partial charge on any atom is -0.459 e. The third-order valence-electron chi connectivity index (χ3n) is 5.81. The predicted octanol–water partition coefficient (Wildman–Crippen LogP) is 5.78. The number of alkyl halides is 3. The average Bonchev–Trinajstić information content (AvgIpc) is 3.26. The number of nitrogens with zero attached hydrogens (tertiary/aromatic N) is 1. The van der Waals surface area contributed by atoms with Crippen LogP contribution in [0, 0.1) is 51.2 Å². The zero-order chi connectivity index (χ0) is 24.2. The van der Waals surface area contributed by atoms with Gasteiger partial charge in [-0.25, -0.2) is 22.0 Å². The molecule has 1 aliphatic carbocycles. The number of esters is 1. The molecule has 0 amide bonds. The first-order chi connectivity index (χ1) is 14.7. The number of halogens is 8. The fourth-order valence-corrected chi connectivity index (χ4v) is 3.96. The lowest BCUT2D eigenvalue weighted by atomic mass is 9.97. The van der Waals surface area contributed by atoms with Gasteiger partial charge >= 0.3 is 12.1 Å². The molecule has 2 unspecified atom stereocenters. The van der Waals surface area contributed by atoms with E-state index in [2.05, 4.69) is 0 Å². The van der Waals surface area contributed by atoms with E-state index in [0.717, 1.165) is 24.3 Å². The number of nitriles is 1. The third-order valence-corrected chi connectivity index (χ3v) is 5.81. The van der Waals surface area contributed by atoms with Crippen LogP contribution < -0.4 is 0 Å². The predicted molar refractivity (Wildman–Crippen MR) is 92.0 cm³/mol. The molecule has 0 aliphatic heterocycles. The van der Waals surface area contributed by atoms with Crippen LogP contribution in [0.3, 0.4) is 0 Å². The quantitative estimate of drug-likeness (QED) is 0.250. The van der Waals surface area contributed by atoms with Gasteiger partial charge < -0.3 is 4.74 Å². The number of hydrogen-bond acceptors (Lipinski definition) is 3. The summed E-state index contributed by atoms with van der Waals surface area (Å²) in [6, 6.07) is 5.46. The Morgan fingerprint density at radius 1 is 0.969 bits per heavy atom. The highest BCUT2D eigenvalue weighted by Crippen LogP contribution is 2.74. The van der Waals surface area contributed by atoms with Crippen LogP contribution in [0.15, 0.2) is 24.3 Å². The smallest absolute Gasteiger partial charge is 0.416 e. The molecule has 11 heteroatoms. The van der Waals surface area contributed by atoms with Crippen molar-refractivity contribution in [2.75, 3.05) is 0 Å². The molecule has 0 aromatic heterocycles. The summed E-state index contributed by atoms with van der Waals surface area (Å²) < 4.78 is 110. The fourth-order valence-electron chi connectivity index (χ4n) is 3.96. The Hall–Kier alpha value is -3.16. The van der Waals surface area contributed by atoms with Crippen LogP contribution >= 0.6 is 0 Å². The van der Waals surface area contributed by atoms with Gasteiger partial charge in [-0.05, 0) is 17.7 Å². The highest BCUT2D eigenvalue weighted by molar-refractivity contribution is 5.88. The zero-order valence-electron chi connectivity index (χ0n) is 16.4. The maximum Gasteiger partial charge on any atom is 0.416 e. The second kappa shape index (κ2) is 7.46. The van der Waals surface area contributed by atoms with Crippen molar-refractivity contribution in [1.29, 1.82) is 5.26 Å². The molecule has 0 heterocycles. The van der Waals surface area contributed by atoms with Crippen LogP contribution in [0.2, 0.25) is 0 Å². The number of benzene rings is 2. The maximum atomic E-state index is 13.8. The molecule has 2 aromatic rings.